The minimum absolute atomic E-state index is 0.0256. The number of aromatic nitrogens is 1. The predicted octanol–water partition coefficient (Wildman–Crippen LogP) is 5.57. The van der Waals surface area contributed by atoms with E-state index in [2.05, 4.69) is 15.0 Å². The lowest BCUT2D eigenvalue weighted by molar-refractivity contribution is 0.0936. The van der Waals surface area contributed by atoms with Crippen LogP contribution in [0.15, 0.2) is 90.0 Å². The van der Waals surface area contributed by atoms with Gasteiger partial charge in [-0.05, 0) is 42.3 Å². The van der Waals surface area contributed by atoms with Crippen molar-refractivity contribution >= 4 is 44.1 Å². The fourth-order valence-electron chi connectivity index (χ4n) is 3.63. The predicted molar refractivity (Wildman–Crippen MR) is 131 cm³/mol. The molecule has 1 aromatic heterocycles. The Hall–Kier alpha value is -3.42. The monoisotopic (exact) mass is 479 g/mol. The van der Waals surface area contributed by atoms with Crippen molar-refractivity contribution in [2.45, 2.75) is 24.3 Å². The lowest BCUT2D eigenvalue weighted by Crippen LogP contribution is -2.29. The molecule has 0 saturated carbocycles. The van der Waals surface area contributed by atoms with E-state index < -0.39 is 15.9 Å². The Labute approximate surface area is 197 Å². The number of amides is 1. The summed E-state index contributed by atoms with van der Waals surface area (Å²) in [5.41, 5.74) is 1.57. The molecule has 1 unspecified atom stereocenters. The second kappa shape index (κ2) is 9.60. The molecule has 8 heteroatoms. The van der Waals surface area contributed by atoms with Crippen molar-refractivity contribution in [3.63, 3.8) is 0 Å². The van der Waals surface area contributed by atoms with Crippen molar-refractivity contribution in [1.82, 2.24) is 10.3 Å². The van der Waals surface area contributed by atoms with Crippen LogP contribution in [-0.2, 0) is 10.0 Å². The number of hydrogen-bond donors (Lipinski definition) is 2. The number of carbonyl (C=O) groups is 1. The molecule has 0 radical (unpaired) electrons. The highest BCUT2D eigenvalue weighted by Crippen LogP contribution is 2.27. The second-order valence-corrected chi connectivity index (χ2v) is 9.56. The average Bonchev–Trinajstić information content (AvgIpc) is 2.83. The third-order valence-corrected chi connectivity index (χ3v) is 6.90. The first-order valence-electron chi connectivity index (χ1n) is 10.4. The van der Waals surface area contributed by atoms with E-state index >= 15 is 0 Å². The molecule has 4 aromatic rings. The van der Waals surface area contributed by atoms with Crippen LogP contribution in [0.5, 0.6) is 0 Å². The van der Waals surface area contributed by atoms with E-state index in [0.29, 0.717) is 22.3 Å². The van der Waals surface area contributed by atoms with Crippen molar-refractivity contribution in [1.29, 1.82) is 0 Å². The van der Waals surface area contributed by atoms with Crippen molar-refractivity contribution in [2.24, 2.45) is 0 Å². The van der Waals surface area contributed by atoms with Gasteiger partial charge < -0.3 is 5.32 Å². The highest BCUT2D eigenvalue weighted by molar-refractivity contribution is 7.93. The van der Waals surface area contributed by atoms with Gasteiger partial charge >= 0.3 is 0 Å². The van der Waals surface area contributed by atoms with Crippen molar-refractivity contribution in [2.75, 3.05) is 4.72 Å². The first-order valence-corrected chi connectivity index (χ1v) is 12.3. The Balaban J connectivity index is 1.68. The van der Waals surface area contributed by atoms with Gasteiger partial charge in [0.25, 0.3) is 15.9 Å². The van der Waals surface area contributed by atoms with Gasteiger partial charge in [0.2, 0.25) is 0 Å². The van der Waals surface area contributed by atoms with Crippen LogP contribution in [0.2, 0.25) is 5.02 Å². The number of pyridine rings is 1. The third-order valence-electron chi connectivity index (χ3n) is 5.27. The number of para-hydroxylation sites is 1. The average molecular weight is 480 g/mol. The van der Waals surface area contributed by atoms with Crippen LogP contribution in [0.3, 0.4) is 0 Å². The normalized spacial score (nSPS) is 12.3. The van der Waals surface area contributed by atoms with Crippen LogP contribution in [0.1, 0.15) is 35.3 Å². The Kier molecular flexibility index (Phi) is 6.62. The van der Waals surface area contributed by atoms with Crippen LogP contribution >= 0.6 is 11.6 Å². The van der Waals surface area contributed by atoms with Gasteiger partial charge in [-0.3, -0.25) is 14.5 Å². The van der Waals surface area contributed by atoms with Gasteiger partial charge in [0.05, 0.1) is 22.8 Å². The summed E-state index contributed by atoms with van der Waals surface area (Å²) >= 11 is 6.15. The molecule has 0 spiro atoms. The van der Waals surface area contributed by atoms with Gasteiger partial charge in [-0.15, -0.1) is 0 Å². The lowest BCUT2D eigenvalue weighted by atomic mass is 10.0. The Morgan fingerprint density at radius 3 is 2.52 bits per heavy atom. The maximum absolute atomic E-state index is 13.3. The molecule has 0 aliphatic heterocycles. The lowest BCUT2D eigenvalue weighted by Gasteiger charge is -2.19. The molecule has 3 aromatic carbocycles. The molecular weight excluding hydrogens is 458 g/mol. The summed E-state index contributed by atoms with van der Waals surface area (Å²) in [7, 11) is -4.03. The number of nitrogens with zero attached hydrogens (tertiary/aromatic N) is 1. The molecule has 1 heterocycles. The number of fused-ring (bicyclic) bond motifs is 1. The van der Waals surface area contributed by atoms with E-state index in [1.807, 2.05) is 37.3 Å². The summed E-state index contributed by atoms with van der Waals surface area (Å²) in [6.45, 7) is 1.97. The van der Waals surface area contributed by atoms with Gasteiger partial charge in [-0.1, -0.05) is 67.1 Å². The third kappa shape index (κ3) is 4.99. The SMILES string of the molecule is CCC(NC(=O)c1cc(Cl)ccc1NS(=O)(=O)c1cccc2cccnc12)c1ccccc1. The number of anilines is 1. The zero-order valence-corrected chi connectivity index (χ0v) is 19.4. The fourth-order valence-corrected chi connectivity index (χ4v) is 5.06. The van der Waals surface area contributed by atoms with Crippen LogP contribution < -0.4 is 10.0 Å². The largest absolute Gasteiger partial charge is 0.345 e. The summed E-state index contributed by atoms with van der Waals surface area (Å²) in [6.07, 6.45) is 2.20. The highest BCUT2D eigenvalue weighted by Gasteiger charge is 2.23. The maximum atomic E-state index is 13.3. The van der Waals surface area contributed by atoms with Crippen LogP contribution in [-0.4, -0.2) is 19.3 Å². The Morgan fingerprint density at radius 2 is 1.76 bits per heavy atom. The molecule has 0 aliphatic rings. The van der Waals surface area contributed by atoms with E-state index in [1.54, 1.807) is 24.3 Å². The van der Waals surface area contributed by atoms with Crippen molar-refractivity contribution < 1.29 is 13.2 Å². The smallest absolute Gasteiger partial charge is 0.264 e. The minimum Gasteiger partial charge on any atom is -0.345 e. The molecule has 4 rings (SSSR count). The zero-order chi connectivity index (χ0) is 23.4. The van der Waals surface area contributed by atoms with E-state index in [-0.39, 0.29) is 22.2 Å². The van der Waals surface area contributed by atoms with Crippen LogP contribution in [0.25, 0.3) is 10.9 Å². The topological polar surface area (TPSA) is 88.2 Å². The molecule has 33 heavy (non-hydrogen) atoms. The number of benzene rings is 3. The molecule has 0 fully saturated rings. The van der Waals surface area contributed by atoms with E-state index in [0.717, 1.165) is 5.56 Å². The molecule has 1 amide bonds. The Morgan fingerprint density at radius 1 is 1.00 bits per heavy atom. The molecule has 0 aliphatic carbocycles. The Bertz CT molecular complexity index is 1400. The molecule has 0 saturated heterocycles. The van der Waals surface area contributed by atoms with Gasteiger partial charge in [-0.2, -0.15) is 0 Å². The number of sulfonamides is 1. The van der Waals surface area contributed by atoms with Crippen molar-refractivity contribution in [3.8, 4) is 0 Å². The van der Waals surface area contributed by atoms with Crippen molar-refractivity contribution in [3.05, 3.63) is 101 Å². The number of nitrogens with one attached hydrogen (secondary N) is 2. The zero-order valence-electron chi connectivity index (χ0n) is 17.8. The number of rotatable bonds is 7. The van der Waals surface area contributed by atoms with E-state index in [1.165, 1.54) is 30.5 Å². The maximum Gasteiger partial charge on any atom is 0.264 e. The quantitative estimate of drug-likeness (QED) is 0.362. The number of carbonyl (C=O) groups excluding carboxylic acids is 1. The second-order valence-electron chi connectivity index (χ2n) is 7.47. The molecule has 0 bridgehead atoms. The number of halogens is 1. The first kappa shape index (κ1) is 22.8. The standard InChI is InChI=1S/C25H22ClN3O3S/c1-2-21(17-8-4-3-5-9-17)28-25(30)20-16-19(26)13-14-22(20)29-33(31,32)23-12-6-10-18-11-7-15-27-24(18)23/h3-16,21,29H,2H2,1H3,(H,28,30). The molecular formula is C25H22ClN3O3S. The first-order chi connectivity index (χ1) is 15.9. The summed E-state index contributed by atoms with van der Waals surface area (Å²) in [6, 6.07) is 22.3. The number of hydrogen-bond acceptors (Lipinski definition) is 4. The van der Waals surface area contributed by atoms with Gasteiger partial charge in [0.15, 0.2) is 0 Å². The van der Waals surface area contributed by atoms with Gasteiger partial charge in [0.1, 0.15) is 4.90 Å². The molecule has 2 N–H and O–H groups in total. The molecule has 6 nitrogen and oxygen atoms in total. The summed E-state index contributed by atoms with van der Waals surface area (Å²) in [5, 5.41) is 4.00. The summed E-state index contributed by atoms with van der Waals surface area (Å²) in [5.74, 6) is -0.429. The molecule has 1 atom stereocenters. The van der Waals surface area contributed by atoms with E-state index in [4.69, 9.17) is 11.6 Å². The minimum atomic E-state index is -4.03. The fraction of sp³-hybridized carbons (Fsp3) is 0.120. The van der Waals surface area contributed by atoms with Crippen LogP contribution in [0, 0.1) is 0 Å². The van der Waals surface area contributed by atoms with Crippen LogP contribution in [0.4, 0.5) is 5.69 Å². The molecule has 168 valence electrons. The highest BCUT2D eigenvalue weighted by atomic mass is 35.5. The van der Waals surface area contributed by atoms with Gasteiger partial charge in [0, 0.05) is 16.6 Å². The summed E-state index contributed by atoms with van der Waals surface area (Å²) < 4.78 is 29.1. The van der Waals surface area contributed by atoms with Gasteiger partial charge in [-0.25, -0.2) is 8.42 Å². The van der Waals surface area contributed by atoms with E-state index in [9.17, 15) is 13.2 Å². The summed E-state index contributed by atoms with van der Waals surface area (Å²) in [4.78, 5) is 17.4.